The molecule has 0 amide bonds. The van der Waals surface area contributed by atoms with Crippen LogP contribution in [0, 0.1) is 0 Å². The SMILES string of the molecule is CC1=C(OCC(=O)O)CC2=c3nc(SCCC(c4ccccc4)c4ccccc4)sc3=C(C)C2=C1. The van der Waals surface area contributed by atoms with Crippen molar-refractivity contribution in [3.8, 4) is 0 Å². The number of ether oxygens (including phenoxy) is 1. The van der Waals surface area contributed by atoms with E-state index in [2.05, 4.69) is 73.7 Å². The van der Waals surface area contributed by atoms with Crippen molar-refractivity contribution in [2.75, 3.05) is 12.4 Å². The number of nitrogens with zero attached hydrogens (tertiary/aromatic N) is 1. The van der Waals surface area contributed by atoms with Gasteiger partial charge in [-0.2, -0.15) is 0 Å². The Morgan fingerprint density at radius 3 is 2.37 bits per heavy atom. The van der Waals surface area contributed by atoms with Crippen LogP contribution >= 0.6 is 23.1 Å². The molecule has 2 aromatic carbocycles. The molecule has 3 aromatic rings. The summed E-state index contributed by atoms with van der Waals surface area (Å²) < 4.78 is 7.88. The molecule has 0 radical (unpaired) electrons. The molecule has 0 spiro atoms. The van der Waals surface area contributed by atoms with Gasteiger partial charge in [0.05, 0.1) is 9.88 Å². The maximum atomic E-state index is 11.0. The first-order chi connectivity index (χ1) is 17.0. The van der Waals surface area contributed by atoms with Gasteiger partial charge in [0.25, 0.3) is 0 Å². The molecular formula is C29H27NO3S2. The Hall–Kier alpha value is -3.09. The largest absolute Gasteiger partial charge is 0.486 e. The van der Waals surface area contributed by atoms with Crippen molar-refractivity contribution in [1.82, 2.24) is 4.98 Å². The van der Waals surface area contributed by atoms with Crippen molar-refractivity contribution in [3.63, 3.8) is 0 Å². The van der Waals surface area contributed by atoms with Crippen LogP contribution in [0.25, 0.3) is 11.1 Å². The number of thiazole rings is 1. The molecule has 1 aromatic heterocycles. The summed E-state index contributed by atoms with van der Waals surface area (Å²) in [5.74, 6) is 1.10. The maximum absolute atomic E-state index is 11.0. The zero-order valence-electron chi connectivity index (χ0n) is 19.8. The molecule has 6 heteroatoms. The summed E-state index contributed by atoms with van der Waals surface area (Å²) in [5, 5.41) is 10.0. The molecule has 178 valence electrons. The van der Waals surface area contributed by atoms with Crippen molar-refractivity contribution >= 4 is 40.2 Å². The lowest BCUT2D eigenvalue weighted by atomic mass is 9.89. The second-order valence-electron chi connectivity index (χ2n) is 8.80. The molecule has 2 aliphatic rings. The van der Waals surface area contributed by atoms with Gasteiger partial charge in [-0.25, -0.2) is 9.78 Å². The highest BCUT2D eigenvalue weighted by Gasteiger charge is 2.26. The summed E-state index contributed by atoms with van der Waals surface area (Å²) in [7, 11) is 0. The highest BCUT2D eigenvalue weighted by Crippen LogP contribution is 2.37. The van der Waals surface area contributed by atoms with Gasteiger partial charge in [0.2, 0.25) is 0 Å². The Morgan fingerprint density at radius 2 is 1.74 bits per heavy atom. The monoisotopic (exact) mass is 501 g/mol. The van der Waals surface area contributed by atoms with E-state index in [0.29, 0.717) is 12.3 Å². The first-order valence-electron chi connectivity index (χ1n) is 11.7. The predicted octanol–water partition coefficient (Wildman–Crippen LogP) is 5.50. The third-order valence-corrected chi connectivity index (χ3v) is 8.86. The molecule has 1 N–H and O–H groups in total. The quantitative estimate of drug-likeness (QED) is 0.393. The highest BCUT2D eigenvalue weighted by atomic mass is 32.2. The minimum Gasteiger partial charge on any atom is -0.486 e. The number of hydrogen-bond donors (Lipinski definition) is 1. The topological polar surface area (TPSA) is 59.4 Å². The van der Waals surface area contributed by atoms with E-state index in [1.165, 1.54) is 26.8 Å². The third-order valence-electron chi connectivity index (χ3n) is 6.51. The number of hydrogen-bond acceptors (Lipinski definition) is 5. The van der Waals surface area contributed by atoms with Gasteiger partial charge in [0.1, 0.15) is 5.76 Å². The number of benzene rings is 2. The van der Waals surface area contributed by atoms with E-state index in [0.717, 1.165) is 38.8 Å². The third kappa shape index (κ3) is 5.00. The number of carboxylic acids is 1. The lowest BCUT2D eigenvalue weighted by Gasteiger charge is -2.19. The Balaban J connectivity index is 1.34. The van der Waals surface area contributed by atoms with E-state index in [1.54, 1.807) is 11.3 Å². The molecule has 0 aliphatic heterocycles. The highest BCUT2D eigenvalue weighted by molar-refractivity contribution is 8.00. The van der Waals surface area contributed by atoms with Crippen molar-refractivity contribution in [2.24, 2.45) is 0 Å². The fraction of sp³-hybridized carbons (Fsp3) is 0.241. The molecule has 2 aliphatic carbocycles. The number of carboxylic acid groups (broad SMARTS) is 1. The van der Waals surface area contributed by atoms with Gasteiger partial charge in [0.15, 0.2) is 10.9 Å². The number of allylic oxidation sites excluding steroid dienone is 4. The van der Waals surface area contributed by atoms with Gasteiger partial charge in [-0.3, -0.25) is 0 Å². The summed E-state index contributed by atoms with van der Waals surface area (Å²) in [6.07, 6.45) is 3.73. The number of aromatic nitrogens is 1. The van der Waals surface area contributed by atoms with Crippen LogP contribution in [0.3, 0.4) is 0 Å². The second-order valence-corrected chi connectivity index (χ2v) is 11.1. The number of aliphatic carboxylic acids is 1. The summed E-state index contributed by atoms with van der Waals surface area (Å²) >= 11 is 3.58. The molecule has 0 saturated heterocycles. The van der Waals surface area contributed by atoms with Crippen molar-refractivity contribution in [1.29, 1.82) is 0 Å². The van der Waals surface area contributed by atoms with E-state index in [9.17, 15) is 4.79 Å². The average Bonchev–Trinajstić information content (AvgIpc) is 3.39. The second kappa shape index (κ2) is 10.3. The molecule has 0 unspecified atom stereocenters. The lowest BCUT2D eigenvalue weighted by Crippen LogP contribution is -2.21. The van der Waals surface area contributed by atoms with Crippen LogP contribution in [0.4, 0.5) is 0 Å². The zero-order valence-corrected chi connectivity index (χ0v) is 21.4. The van der Waals surface area contributed by atoms with Crippen LogP contribution in [-0.2, 0) is 9.53 Å². The number of rotatable bonds is 9. The summed E-state index contributed by atoms with van der Waals surface area (Å²) in [4.78, 5) is 16.0. The number of thioether (sulfide) groups is 1. The van der Waals surface area contributed by atoms with E-state index < -0.39 is 5.97 Å². The first kappa shape index (κ1) is 23.6. The summed E-state index contributed by atoms with van der Waals surface area (Å²) in [5.41, 5.74) is 7.29. The van der Waals surface area contributed by atoms with Gasteiger partial charge in [0, 0.05) is 18.1 Å². The van der Waals surface area contributed by atoms with Crippen LogP contribution < -0.4 is 9.88 Å². The summed E-state index contributed by atoms with van der Waals surface area (Å²) in [6.45, 7) is 3.81. The van der Waals surface area contributed by atoms with E-state index >= 15 is 0 Å². The number of carbonyl (C=O) groups is 1. The molecule has 0 saturated carbocycles. The fourth-order valence-corrected chi connectivity index (χ4v) is 7.00. The van der Waals surface area contributed by atoms with Crippen molar-refractivity contribution < 1.29 is 14.6 Å². The molecule has 0 atom stereocenters. The Labute approximate surface area is 213 Å². The minimum absolute atomic E-state index is 0.319. The normalized spacial score (nSPS) is 14.8. The molecule has 1 heterocycles. The van der Waals surface area contributed by atoms with E-state index in [1.807, 2.05) is 18.7 Å². The van der Waals surface area contributed by atoms with Gasteiger partial charge in [-0.1, -0.05) is 72.4 Å². The molecular weight excluding hydrogens is 474 g/mol. The van der Waals surface area contributed by atoms with Gasteiger partial charge < -0.3 is 9.84 Å². The molecule has 5 rings (SSSR count). The van der Waals surface area contributed by atoms with Crippen LogP contribution in [0.15, 0.2) is 88.0 Å². The standard InChI is InChI=1S/C29H27NO3S2/c1-18-15-23-19(2)28-27(24(23)16-25(18)33-17-26(31)32)30-29(35-28)34-14-13-22(20-9-5-3-6-10-20)21-11-7-4-8-12-21/h3-12,15,22H,13-14,16-17H2,1-2H3,(H,31,32). The number of fused-ring (bicyclic) bond motifs is 2. The average molecular weight is 502 g/mol. The zero-order chi connectivity index (χ0) is 24.4. The Bertz CT molecular complexity index is 1400. The Kier molecular flexibility index (Phi) is 6.93. The molecule has 4 nitrogen and oxygen atoms in total. The van der Waals surface area contributed by atoms with Crippen LogP contribution in [0.2, 0.25) is 0 Å². The first-order valence-corrected chi connectivity index (χ1v) is 13.5. The predicted molar refractivity (Wildman–Crippen MR) is 143 cm³/mol. The van der Waals surface area contributed by atoms with Gasteiger partial charge in [-0.15, -0.1) is 11.3 Å². The molecule has 0 bridgehead atoms. The van der Waals surface area contributed by atoms with E-state index in [4.69, 9.17) is 14.8 Å². The fourth-order valence-electron chi connectivity index (χ4n) is 4.74. The van der Waals surface area contributed by atoms with E-state index in [-0.39, 0.29) is 6.61 Å². The van der Waals surface area contributed by atoms with Crippen molar-refractivity contribution in [2.45, 2.75) is 36.9 Å². The summed E-state index contributed by atoms with van der Waals surface area (Å²) in [6, 6.07) is 21.4. The van der Waals surface area contributed by atoms with Crippen molar-refractivity contribution in [3.05, 3.63) is 105 Å². The van der Waals surface area contributed by atoms with Crippen LogP contribution in [-0.4, -0.2) is 28.4 Å². The minimum atomic E-state index is -0.961. The maximum Gasteiger partial charge on any atom is 0.341 e. The lowest BCUT2D eigenvalue weighted by molar-refractivity contribution is -0.140. The molecule has 0 fully saturated rings. The van der Waals surface area contributed by atoms with Crippen LogP contribution in [0.5, 0.6) is 0 Å². The van der Waals surface area contributed by atoms with Crippen LogP contribution in [0.1, 0.15) is 43.7 Å². The van der Waals surface area contributed by atoms with Gasteiger partial charge >= 0.3 is 5.97 Å². The van der Waals surface area contributed by atoms with Gasteiger partial charge in [-0.05, 0) is 59.8 Å². The Morgan fingerprint density at radius 1 is 1.09 bits per heavy atom. The smallest absolute Gasteiger partial charge is 0.341 e. The molecule has 35 heavy (non-hydrogen) atoms.